The van der Waals surface area contributed by atoms with Crippen molar-refractivity contribution in [2.45, 2.75) is 52.1 Å². The molecule has 1 saturated heterocycles. The lowest BCUT2D eigenvalue weighted by Crippen LogP contribution is -2.38. The normalized spacial score (nSPS) is 20.2. The Kier molecular flexibility index (Phi) is 6.53. The minimum Gasteiger partial charge on any atom is -0.313 e. The van der Waals surface area contributed by atoms with Crippen LogP contribution < -0.4 is 5.32 Å². The molecule has 1 aliphatic rings. The summed E-state index contributed by atoms with van der Waals surface area (Å²) in [6.45, 7) is 9.09. The summed E-state index contributed by atoms with van der Waals surface area (Å²) in [5, 5.41) is 3.56. The Bertz CT molecular complexity index is 419. The Morgan fingerprint density at radius 2 is 2.20 bits per heavy atom. The molecule has 0 amide bonds. The molecule has 1 aromatic carbocycles. The van der Waals surface area contributed by atoms with Crippen molar-refractivity contribution in [2.75, 3.05) is 19.6 Å². The zero-order valence-electron chi connectivity index (χ0n) is 12.8. The van der Waals surface area contributed by atoms with Crippen LogP contribution in [-0.4, -0.2) is 30.6 Å². The molecule has 20 heavy (non-hydrogen) atoms. The van der Waals surface area contributed by atoms with Gasteiger partial charge in [-0.15, -0.1) is 0 Å². The molecule has 2 rings (SSSR count). The van der Waals surface area contributed by atoms with Crippen molar-refractivity contribution < 1.29 is 0 Å². The summed E-state index contributed by atoms with van der Waals surface area (Å²) in [5.41, 5.74) is 2.65. The lowest BCUT2D eigenvalue weighted by Gasteiger charge is -2.33. The van der Waals surface area contributed by atoms with E-state index in [2.05, 4.69) is 58.2 Å². The Hall–Kier alpha value is -0.380. The number of nitrogens with zero attached hydrogens (tertiary/aromatic N) is 1. The van der Waals surface area contributed by atoms with E-state index in [9.17, 15) is 0 Å². The van der Waals surface area contributed by atoms with Gasteiger partial charge in [0.1, 0.15) is 0 Å². The number of hydrogen-bond acceptors (Lipinski definition) is 2. The summed E-state index contributed by atoms with van der Waals surface area (Å²) in [4.78, 5) is 2.65. The summed E-state index contributed by atoms with van der Waals surface area (Å²) < 4.78 is 1.22. The summed E-state index contributed by atoms with van der Waals surface area (Å²) in [7, 11) is 0. The highest BCUT2D eigenvalue weighted by molar-refractivity contribution is 9.10. The molecule has 112 valence electrons. The van der Waals surface area contributed by atoms with E-state index in [1.54, 1.807) is 0 Å². The molecule has 0 radical (unpaired) electrons. The van der Waals surface area contributed by atoms with E-state index in [0.29, 0.717) is 0 Å². The molecule has 0 aromatic heterocycles. The zero-order chi connectivity index (χ0) is 14.4. The first-order valence-electron chi connectivity index (χ1n) is 7.86. The van der Waals surface area contributed by atoms with E-state index >= 15 is 0 Å². The van der Waals surface area contributed by atoms with Crippen LogP contribution >= 0.6 is 15.9 Å². The second-order valence-corrected chi connectivity index (χ2v) is 6.86. The van der Waals surface area contributed by atoms with E-state index in [0.717, 1.165) is 19.1 Å². The third kappa shape index (κ3) is 4.87. The molecule has 0 aliphatic carbocycles. The zero-order valence-corrected chi connectivity index (χ0v) is 14.4. The van der Waals surface area contributed by atoms with Gasteiger partial charge in [-0.05, 0) is 69.9 Å². The van der Waals surface area contributed by atoms with Gasteiger partial charge >= 0.3 is 0 Å². The van der Waals surface area contributed by atoms with Gasteiger partial charge in [0.15, 0.2) is 0 Å². The van der Waals surface area contributed by atoms with Crippen LogP contribution in [-0.2, 0) is 6.54 Å². The first-order chi connectivity index (χ1) is 9.66. The molecule has 0 spiro atoms. The minimum absolute atomic E-state index is 0.787. The van der Waals surface area contributed by atoms with Gasteiger partial charge in [-0.1, -0.05) is 34.5 Å². The highest BCUT2D eigenvalue weighted by Crippen LogP contribution is 2.18. The van der Waals surface area contributed by atoms with Gasteiger partial charge in [0.25, 0.3) is 0 Å². The molecular formula is C17H27BrN2. The Morgan fingerprint density at radius 3 is 2.95 bits per heavy atom. The van der Waals surface area contributed by atoms with Crippen LogP contribution in [0, 0.1) is 6.92 Å². The fourth-order valence-corrected chi connectivity index (χ4v) is 3.55. The van der Waals surface area contributed by atoms with Crippen molar-refractivity contribution in [3.8, 4) is 0 Å². The van der Waals surface area contributed by atoms with Gasteiger partial charge in [-0.2, -0.15) is 0 Å². The standard InChI is InChI=1S/C17H27BrN2/c1-14-7-8-16(17(18)12-14)13-19-9-5-11-20-10-4-3-6-15(20)2/h7-8,12,15,19H,3-6,9-11,13H2,1-2H3. The number of nitrogens with one attached hydrogen (secondary N) is 1. The Balaban J connectivity index is 1.64. The Morgan fingerprint density at radius 1 is 1.35 bits per heavy atom. The summed E-state index contributed by atoms with van der Waals surface area (Å²) in [5.74, 6) is 0. The smallest absolute Gasteiger partial charge is 0.0222 e. The van der Waals surface area contributed by atoms with Crippen LogP contribution in [0.25, 0.3) is 0 Å². The van der Waals surface area contributed by atoms with Crippen molar-refractivity contribution in [3.05, 3.63) is 33.8 Å². The maximum atomic E-state index is 3.64. The molecule has 1 unspecified atom stereocenters. The maximum Gasteiger partial charge on any atom is 0.0222 e. The van der Waals surface area contributed by atoms with Gasteiger partial charge in [0.05, 0.1) is 0 Å². The number of piperidine rings is 1. The quantitative estimate of drug-likeness (QED) is 0.785. The van der Waals surface area contributed by atoms with E-state index in [1.165, 1.54) is 54.4 Å². The van der Waals surface area contributed by atoms with Gasteiger partial charge in [0.2, 0.25) is 0 Å². The lowest BCUT2D eigenvalue weighted by molar-refractivity contribution is 0.159. The monoisotopic (exact) mass is 338 g/mol. The largest absolute Gasteiger partial charge is 0.313 e. The fraction of sp³-hybridized carbons (Fsp3) is 0.647. The number of hydrogen-bond donors (Lipinski definition) is 1. The highest BCUT2D eigenvalue weighted by Gasteiger charge is 2.16. The molecule has 3 heteroatoms. The molecule has 1 aromatic rings. The lowest BCUT2D eigenvalue weighted by atomic mass is 10.0. The number of rotatable bonds is 6. The van der Waals surface area contributed by atoms with E-state index < -0.39 is 0 Å². The van der Waals surface area contributed by atoms with Gasteiger partial charge in [0, 0.05) is 17.1 Å². The predicted molar refractivity (Wildman–Crippen MR) is 90.1 cm³/mol. The summed E-state index contributed by atoms with van der Waals surface area (Å²) >= 11 is 3.64. The molecule has 1 heterocycles. The third-order valence-corrected chi connectivity index (χ3v) is 5.00. The molecule has 1 fully saturated rings. The van der Waals surface area contributed by atoms with Crippen LogP contribution in [0.5, 0.6) is 0 Å². The van der Waals surface area contributed by atoms with Crippen LogP contribution in [0.2, 0.25) is 0 Å². The van der Waals surface area contributed by atoms with Gasteiger partial charge < -0.3 is 10.2 Å². The predicted octanol–water partition coefficient (Wildman–Crippen LogP) is 4.11. The van der Waals surface area contributed by atoms with Crippen LogP contribution in [0.3, 0.4) is 0 Å². The number of benzene rings is 1. The topological polar surface area (TPSA) is 15.3 Å². The van der Waals surface area contributed by atoms with E-state index in [4.69, 9.17) is 0 Å². The molecule has 1 N–H and O–H groups in total. The second-order valence-electron chi connectivity index (χ2n) is 6.01. The second kappa shape index (κ2) is 8.16. The summed E-state index contributed by atoms with van der Waals surface area (Å²) in [6, 6.07) is 7.36. The first kappa shape index (κ1) is 16.0. The van der Waals surface area contributed by atoms with Crippen LogP contribution in [0.1, 0.15) is 43.7 Å². The molecule has 1 aliphatic heterocycles. The molecule has 0 bridgehead atoms. The Labute approximate surface area is 132 Å². The van der Waals surface area contributed by atoms with Crippen LogP contribution in [0.15, 0.2) is 22.7 Å². The van der Waals surface area contributed by atoms with Crippen molar-refractivity contribution in [1.82, 2.24) is 10.2 Å². The molecular weight excluding hydrogens is 312 g/mol. The highest BCUT2D eigenvalue weighted by atomic mass is 79.9. The maximum absolute atomic E-state index is 3.64. The van der Waals surface area contributed by atoms with Crippen LogP contribution in [0.4, 0.5) is 0 Å². The average Bonchev–Trinajstić information content (AvgIpc) is 2.42. The molecule has 1 atom stereocenters. The van der Waals surface area contributed by atoms with Crippen molar-refractivity contribution in [1.29, 1.82) is 0 Å². The third-order valence-electron chi connectivity index (χ3n) is 4.26. The van der Waals surface area contributed by atoms with E-state index in [1.807, 2.05) is 0 Å². The number of likely N-dealkylation sites (tertiary alicyclic amines) is 1. The first-order valence-corrected chi connectivity index (χ1v) is 8.66. The number of halogens is 1. The summed E-state index contributed by atoms with van der Waals surface area (Å²) in [6.07, 6.45) is 5.42. The fourth-order valence-electron chi connectivity index (χ4n) is 2.92. The molecule has 2 nitrogen and oxygen atoms in total. The van der Waals surface area contributed by atoms with Crippen molar-refractivity contribution in [3.63, 3.8) is 0 Å². The minimum atomic E-state index is 0.787. The average molecular weight is 339 g/mol. The van der Waals surface area contributed by atoms with Gasteiger partial charge in [-0.25, -0.2) is 0 Å². The van der Waals surface area contributed by atoms with Gasteiger partial charge in [-0.3, -0.25) is 0 Å². The van der Waals surface area contributed by atoms with E-state index in [-0.39, 0.29) is 0 Å². The van der Waals surface area contributed by atoms with Crippen molar-refractivity contribution in [2.24, 2.45) is 0 Å². The SMILES string of the molecule is Cc1ccc(CNCCCN2CCCCC2C)c(Br)c1. The molecule has 0 saturated carbocycles. The van der Waals surface area contributed by atoms with Crippen molar-refractivity contribution >= 4 is 15.9 Å². The number of aryl methyl sites for hydroxylation is 1.